The molecular formula is C56H110NO8P. The van der Waals surface area contributed by atoms with E-state index in [0.29, 0.717) is 17.4 Å². The highest BCUT2D eigenvalue weighted by molar-refractivity contribution is 7.45. The molecule has 0 spiro atoms. The lowest BCUT2D eigenvalue weighted by Gasteiger charge is -2.28. The number of carbonyl (C=O) groups excluding carboxylic acids is 2. The fourth-order valence-corrected chi connectivity index (χ4v) is 9.10. The molecule has 0 radical (unpaired) electrons. The van der Waals surface area contributed by atoms with Crippen LogP contribution < -0.4 is 4.89 Å². The van der Waals surface area contributed by atoms with Gasteiger partial charge in [0.25, 0.3) is 7.82 Å². The molecule has 9 nitrogen and oxygen atoms in total. The van der Waals surface area contributed by atoms with Gasteiger partial charge in [-0.25, -0.2) is 0 Å². The molecule has 0 rings (SSSR count). The second-order valence-corrected chi connectivity index (χ2v) is 22.1. The Morgan fingerprint density at radius 3 is 1.17 bits per heavy atom. The van der Waals surface area contributed by atoms with Crippen LogP contribution in [-0.4, -0.2) is 70.0 Å². The second-order valence-electron chi connectivity index (χ2n) is 20.7. The third kappa shape index (κ3) is 52.1. The van der Waals surface area contributed by atoms with E-state index in [1.54, 1.807) is 0 Å². The maximum atomic E-state index is 12.8. The number of allylic oxidation sites excluding steroid dienone is 2. The van der Waals surface area contributed by atoms with E-state index in [1.165, 1.54) is 218 Å². The maximum absolute atomic E-state index is 12.8. The molecule has 1 unspecified atom stereocenters. The molecule has 2 atom stereocenters. The van der Waals surface area contributed by atoms with Crippen LogP contribution in [0.3, 0.4) is 0 Å². The predicted molar refractivity (Wildman–Crippen MR) is 278 cm³/mol. The normalized spacial score (nSPS) is 13.4. The number of quaternary nitrogens is 1. The minimum atomic E-state index is -4.63. The molecule has 10 heteroatoms. The highest BCUT2D eigenvalue weighted by Crippen LogP contribution is 2.38. The van der Waals surface area contributed by atoms with Gasteiger partial charge < -0.3 is 27.9 Å². The lowest BCUT2D eigenvalue weighted by atomic mass is 10.0. The number of unbranched alkanes of at least 4 members (excludes halogenated alkanes) is 37. The van der Waals surface area contributed by atoms with Crippen LogP contribution in [0, 0.1) is 0 Å². The van der Waals surface area contributed by atoms with Crippen LogP contribution >= 0.6 is 7.82 Å². The number of hydrogen-bond acceptors (Lipinski definition) is 8. The van der Waals surface area contributed by atoms with Gasteiger partial charge in [0.05, 0.1) is 27.7 Å². The number of nitrogens with zero attached hydrogens (tertiary/aromatic N) is 1. The van der Waals surface area contributed by atoms with Gasteiger partial charge in [0, 0.05) is 12.8 Å². The number of esters is 2. The van der Waals surface area contributed by atoms with Gasteiger partial charge in [0.2, 0.25) is 0 Å². The zero-order valence-corrected chi connectivity index (χ0v) is 45.3. The topological polar surface area (TPSA) is 111 Å². The molecule has 0 fully saturated rings. The lowest BCUT2D eigenvalue weighted by molar-refractivity contribution is -0.870. The monoisotopic (exact) mass is 956 g/mol. The molecule has 0 amide bonds. The Balaban J connectivity index is 4.17. The van der Waals surface area contributed by atoms with Crippen molar-refractivity contribution in [2.45, 2.75) is 290 Å². The van der Waals surface area contributed by atoms with Crippen molar-refractivity contribution < 1.29 is 42.1 Å². The molecular weight excluding hydrogens is 846 g/mol. The van der Waals surface area contributed by atoms with E-state index in [4.69, 9.17) is 18.5 Å². The van der Waals surface area contributed by atoms with Crippen molar-refractivity contribution in [1.29, 1.82) is 0 Å². The summed E-state index contributed by atoms with van der Waals surface area (Å²) in [5, 5.41) is 0. The van der Waals surface area contributed by atoms with Gasteiger partial charge in [-0.2, -0.15) is 0 Å². The highest BCUT2D eigenvalue weighted by Gasteiger charge is 2.21. The van der Waals surface area contributed by atoms with Crippen LogP contribution in [0.25, 0.3) is 0 Å². The number of hydrogen-bond donors (Lipinski definition) is 0. The first-order valence-corrected chi connectivity index (χ1v) is 29.9. The predicted octanol–water partition coefficient (Wildman–Crippen LogP) is 16.6. The number of likely N-dealkylation sites (N-methyl/N-ethyl adjacent to an activating group) is 1. The first-order valence-electron chi connectivity index (χ1n) is 28.4. The molecule has 0 bridgehead atoms. The van der Waals surface area contributed by atoms with Crippen LogP contribution in [0.2, 0.25) is 0 Å². The van der Waals surface area contributed by atoms with Crippen molar-refractivity contribution >= 4 is 19.8 Å². The molecule has 0 heterocycles. The summed E-state index contributed by atoms with van der Waals surface area (Å²) in [4.78, 5) is 37.8. The highest BCUT2D eigenvalue weighted by atomic mass is 31.2. The summed E-state index contributed by atoms with van der Waals surface area (Å²) in [5.41, 5.74) is 0. The summed E-state index contributed by atoms with van der Waals surface area (Å²) in [6.45, 7) is 4.27. The summed E-state index contributed by atoms with van der Waals surface area (Å²) in [6, 6.07) is 0. The molecule has 0 saturated heterocycles. The zero-order chi connectivity index (χ0) is 48.5. The van der Waals surface area contributed by atoms with E-state index >= 15 is 0 Å². The van der Waals surface area contributed by atoms with Gasteiger partial charge >= 0.3 is 11.9 Å². The number of ether oxygens (including phenoxy) is 2. The molecule has 0 saturated carbocycles. The van der Waals surface area contributed by atoms with Gasteiger partial charge in [-0.3, -0.25) is 14.2 Å². The van der Waals surface area contributed by atoms with Crippen LogP contribution in [0.4, 0.5) is 0 Å². The number of carbonyl (C=O) groups is 2. The van der Waals surface area contributed by atoms with Gasteiger partial charge in [-0.1, -0.05) is 251 Å². The third-order valence-corrected chi connectivity index (χ3v) is 13.7. The van der Waals surface area contributed by atoms with Gasteiger partial charge in [-0.05, 0) is 32.1 Å². The Morgan fingerprint density at radius 1 is 0.455 bits per heavy atom. The SMILES string of the molecule is CCCCCCCCCCCCCCCCCCCC/C=C/CCCC(=O)O[C@H](COC(=O)CCCCCCCCCCCCCCCCCCCCC)COP(=O)([O-])OCC[N+](C)(C)C. The second kappa shape index (κ2) is 48.8. The molecule has 66 heavy (non-hydrogen) atoms. The molecule has 0 N–H and O–H groups in total. The average molecular weight is 956 g/mol. The largest absolute Gasteiger partial charge is 0.756 e. The Labute approximate surface area is 409 Å². The fraction of sp³-hybridized carbons (Fsp3) is 0.929. The van der Waals surface area contributed by atoms with Crippen molar-refractivity contribution in [2.24, 2.45) is 0 Å². The van der Waals surface area contributed by atoms with Crippen molar-refractivity contribution in [3.05, 3.63) is 12.2 Å². The number of rotatable bonds is 53. The van der Waals surface area contributed by atoms with Crippen LogP contribution in [-0.2, 0) is 32.7 Å². The maximum Gasteiger partial charge on any atom is 0.306 e. The van der Waals surface area contributed by atoms with Gasteiger partial charge in [0.15, 0.2) is 6.10 Å². The van der Waals surface area contributed by atoms with Gasteiger partial charge in [0.1, 0.15) is 19.8 Å². The van der Waals surface area contributed by atoms with Crippen molar-refractivity contribution in [3.8, 4) is 0 Å². The van der Waals surface area contributed by atoms with Crippen molar-refractivity contribution in [3.63, 3.8) is 0 Å². The van der Waals surface area contributed by atoms with Crippen molar-refractivity contribution in [2.75, 3.05) is 47.5 Å². The van der Waals surface area contributed by atoms with E-state index in [1.807, 2.05) is 21.1 Å². The molecule has 392 valence electrons. The summed E-state index contributed by atoms with van der Waals surface area (Å²) in [7, 11) is 1.17. The molecule has 0 aliphatic heterocycles. The quantitative estimate of drug-likeness (QED) is 0.0195. The first-order chi connectivity index (χ1) is 32.0. The Morgan fingerprint density at radius 2 is 0.788 bits per heavy atom. The molecule has 0 aromatic heterocycles. The van der Waals surface area contributed by atoms with Crippen LogP contribution in [0.5, 0.6) is 0 Å². The standard InChI is InChI=1S/C56H110NO8P/c1-6-8-10-12-14-16-18-20-22-24-26-27-28-29-31-33-35-37-39-41-43-45-47-49-56(59)65-54(53-64-66(60,61)63-51-50-57(3,4)5)52-62-55(58)48-46-44-42-40-38-36-34-32-30-25-23-21-19-17-15-13-11-9-7-2/h41,43,54H,6-40,42,44-53H2,1-5H3/b43-41+/t54-/m1/s1. The van der Waals surface area contributed by atoms with Crippen molar-refractivity contribution in [1.82, 2.24) is 0 Å². The third-order valence-electron chi connectivity index (χ3n) is 12.8. The van der Waals surface area contributed by atoms with Crippen LogP contribution in [0.15, 0.2) is 12.2 Å². The molecule has 0 aliphatic carbocycles. The zero-order valence-electron chi connectivity index (χ0n) is 44.4. The lowest BCUT2D eigenvalue weighted by Crippen LogP contribution is -2.37. The van der Waals surface area contributed by atoms with E-state index in [0.717, 1.165) is 32.1 Å². The first kappa shape index (κ1) is 64.8. The summed E-state index contributed by atoms with van der Waals surface area (Å²) >= 11 is 0. The Bertz CT molecular complexity index is 1130. The summed E-state index contributed by atoms with van der Waals surface area (Å²) in [6.07, 6.45) is 55.5. The molecule has 0 aliphatic rings. The minimum absolute atomic E-state index is 0.0315. The Kier molecular flexibility index (Phi) is 47.8. The van der Waals surface area contributed by atoms with Crippen LogP contribution in [0.1, 0.15) is 284 Å². The van der Waals surface area contributed by atoms with E-state index < -0.39 is 26.5 Å². The summed E-state index contributed by atoms with van der Waals surface area (Å²) < 4.78 is 34.1. The average Bonchev–Trinajstić information content (AvgIpc) is 3.27. The van der Waals surface area contributed by atoms with E-state index in [-0.39, 0.29) is 32.0 Å². The summed E-state index contributed by atoms with van der Waals surface area (Å²) in [5.74, 6) is -0.852. The fourth-order valence-electron chi connectivity index (χ4n) is 8.37. The van der Waals surface area contributed by atoms with E-state index in [9.17, 15) is 19.0 Å². The Hall–Kier alpha value is -1.25. The smallest absolute Gasteiger partial charge is 0.306 e. The minimum Gasteiger partial charge on any atom is -0.756 e. The van der Waals surface area contributed by atoms with Gasteiger partial charge in [-0.15, -0.1) is 0 Å². The van der Waals surface area contributed by atoms with E-state index in [2.05, 4.69) is 26.0 Å². The number of phosphoric ester groups is 1. The number of phosphoric acid groups is 1. The molecule has 0 aromatic rings. The molecule has 0 aromatic carbocycles.